The number of nitrogens with zero attached hydrogens (tertiary/aromatic N) is 1. The maximum absolute atomic E-state index is 11.9. The number of esters is 1. The molecule has 0 saturated carbocycles. The van der Waals surface area contributed by atoms with E-state index in [1.165, 1.54) is 21.0 Å². The Hall–Kier alpha value is -2.00. The number of ketones is 1. The van der Waals surface area contributed by atoms with Gasteiger partial charge < -0.3 is 18.9 Å². The summed E-state index contributed by atoms with van der Waals surface area (Å²) in [6, 6.07) is -1.23. The number of ether oxygens (including phenoxy) is 4. The Morgan fingerprint density at radius 1 is 1.35 bits per heavy atom. The second-order valence-electron chi connectivity index (χ2n) is 5.49. The van der Waals surface area contributed by atoms with Crippen LogP contribution < -0.4 is 0 Å². The molecular weight excluding hydrogens is 310 g/mol. The molecule has 23 heavy (non-hydrogen) atoms. The maximum Gasteiger partial charge on any atom is 0.302 e. The molecule has 9 heteroatoms. The van der Waals surface area contributed by atoms with Gasteiger partial charge in [-0.25, -0.2) is 0 Å². The Morgan fingerprint density at radius 3 is 2.48 bits per heavy atom. The third-order valence-electron chi connectivity index (χ3n) is 4.00. The van der Waals surface area contributed by atoms with Crippen LogP contribution in [-0.4, -0.2) is 54.9 Å². The monoisotopic (exact) mass is 329 g/mol. The molecule has 2 bridgehead atoms. The highest BCUT2D eigenvalue weighted by molar-refractivity contribution is 5.94. The number of allylic oxidation sites excluding steroid dienone is 1. The van der Waals surface area contributed by atoms with Gasteiger partial charge in [0.25, 0.3) is 6.04 Å². The van der Waals surface area contributed by atoms with Gasteiger partial charge in [0.1, 0.15) is 24.4 Å². The van der Waals surface area contributed by atoms with E-state index in [-0.39, 0.29) is 18.0 Å². The third kappa shape index (κ3) is 3.20. The fourth-order valence-corrected chi connectivity index (χ4v) is 3.14. The van der Waals surface area contributed by atoms with Crippen molar-refractivity contribution in [3.8, 4) is 0 Å². The van der Waals surface area contributed by atoms with E-state index in [4.69, 9.17) is 18.9 Å². The number of fused-ring (bicyclic) bond motifs is 2. The molecule has 0 aliphatic carbocycles. The molecule has 0 radical (unpaired) electrons. The molecule has 0 amide bonds. The minimum atomic E-state index is -1.23. The van der Waals surface area contributed by atoms with E-state index in [0.29, 0.717) is 5.76 Å². The van der Waals surface area contributed by atoms with Gasteiger partial charge in [-0.05, 0) is 13.8 Å². The Morgan fingerprint density at radius 2 is 2.00 bits per heavy atom. The molecule has 0 spiro atoms. The van der Waals surface area contributed by atoms with Gasteiger partial charge in [0.15, 0.2) is 18.2 Å². The van der Waals surface area contributed by atoms with Gasteiger partial charge in [-0.2, -0.15) is 0 Å². The average molecular weight is 329 g/mol. The Kier molecular flexibility index (Phi) is 5.00. The quantitative estimate of drug-likeness (QED) is 0.405. The summed E-state index contributed by atoms with van der Waals surface area (Å²) in [5.41, 5.74) is 0.195. The lowest BCUT2D eigenvalue weighted by Gasteiger charge is -2.45. The lowest BCUT2D eigenvalue weighted by molar-refractivity contribution is -0.562. The van der Waals surface area contributed by atoms with Crippen LogP contribution in [0.4, 0.5) is 0 Å². The summed E-state index contributed by atoms with van der Waals surface area (Å²) < 4.78 is 21.3. The van der Waals surface area contributed by atoms with Crippen LogP contribution in [0.5, 0.6) is 0 Å². The van der Waals surface area contributed by atoms with E-state index in [1.54, 1.807) is 6.92 Å². The summed E-state index contributed by atoms with van der Waals surface area (Å²) in [5.74, 6) is -1.43. The summed E-state index contributed by atoms with van der Waals surface area (Å²) in [6.07, 6.45) is -2.83. The van der Waals surface area contributed by atoms with Gasteiger partial charge in [-0.3, -0.25) is 19.7 Å². The Bertz CT molecular complexity index is 557. The maximum atomic E-state index is 11.9. The molecule has 0 aromatic rings. The molecule has 2 aliphatic rings. The van der Waals surface area contributed by atoms with E-state index >= 15 is 0 Å². The largest absolute Gasteiger partial charge is 0.484 e. The number of carbonyl (C=O) groups is 2. The van der Waals surface area contributed by atoms with Crippen LogP contribution in [-0.2, 0) is 28.5 Å². The summed E-state index contributed by atoms with van der Waals surface area (Å²) in [7, 11) is 1.34. The van der Waals surface area contributed by atoms with Gasteiger partial charge >= 0.3 is 5.97 Å². The number of Topliss-reactive ketones (excluding diaryl/α,β-unsaturated/α-hetero) is 1. The molecule has 5 atom stereocenters. The number of hydrogen-bond donors (Lipinski definition) is 0. The van der Waals surface area contributed by atoms with Crippen molar-refractivity contribution in [3.63, 3.8) is 0 Å². The summed E-state index contributed by atoms with van der Waals surface area (Å²) in [6.45, 7) is 3.93. The van der Waals surface area contributed by atoms with Crippen molar-refractivity contribution in [1.82, 2.24) is 0 Å². The van der Waals surface area contributed by atoms with Crippen LogP contribution in [0.15, 0.2) is 11.3 Å². The highest BCUT2D eigenvalue weighted by Crippen LogP contribution is 2.41. The minimum Gasteiger partial charge on any atom is -0.484 e. The zero-order valence-electron chi connectivity index (χ0n) is 13.3. The number of carbonyl (C=O) groups excluding carboxylic acids is 2. The molecule has 128 valence electrons. The van der Waals surface area contributed by atoms with Crippen molar-refractivity contribution < 1.29 is 33.5 Å². The predicted octanol–water partition coefficient (Wildman–Crippen LogP) is 0.444. The second kappa shape index (κ2) is 6.63. The van der Waals surface area contributed by atoms with E-state index in [1.807, 2.05) is 0 Å². The standard InChI is InChI=1S/C14H19NO8/c1-6(16)10-7(2)22-13-9(5-21-8(3)17)23-14(20-4)11(10)12(13)15(18)19/h9,11-14H,5H2,1-4H3/t9-,11+,12-,13+,14+/m1/s1. The highest BCUT2D eigenvalue weighted by atomic mass is 16.7. The van der Waals surface area contributed by atoms with Crippen molar-refractivity contribution in [3.05, 3.63) is 21.4 Å². The van der Waals surface area contributed by atoms with Crippen molar-refractivity contribution in [2.75, 3.05) is 13.7 Å². The first-order valence-electron chi connectivity index (χ1n) is 7.11. The summed E-state index contributed by atoms with van der Waals surface area (Å²) in [5, 5.41) is 11.6. The smallest absolute Gasteiger partial charge is 0.302 e. The Balaban J connectivity index is 2.43. The second-order valence-corrected chi connectivity index (χ2v) is 5.49. The van der Waals surface area contributed by atoms with Crippen molar-refractivity contribution in [2.24, 2.45) is 5.92 Å². The molecule has 2 aliphatic heterocycles. The first-order chi connectivity index (χ1) is 10.8. The van der Waals surface area contributed by atoms with Crippen LogP contribution >= 0.6 is 0 Å². The Labute approximate surface area is 132 Å². The van der Waals surface area contributed by atoms with Gasteiger partial charge in [0, 0.05) is 24.5 Å². The third-order valence-corrected chi connectivity index (χ3v) is 4.00. The van der Waals surface area contributed by atoms with Gasteiger partial charge in [0.2, 0.25) is 0 Å². The molecule has 1 saturated heterocycles. The SMILES string of the molecule is CO[C@H]1O[C@H](COC(C)=O)[C@@H]2OC(C)=C(C(C)=O)[C@H]1[C@H]2[N+](=O)[O-]. The lowest BCUT2D eigenvalue weighted by Crippen LogP contribution is -2.63. The van der Waals surface area contributed by atoms with Gasteiger partial charge in [-0.1, -0.05) is 0 Å². The predicted molar refractivity (Wildman–Crippen MR) is 74.8 cm³/mol. The van der Waals surface area contributed by atoms with Crippen LogP contribution in [0.3, 0.4) is 0 Å². The molecule has 0 N–H and O–H groups in total. The van der Waals surface area contributed by atoms with Crippen molar-refractivity contribution in [1.29, 1.82) is 0 Å². The minimum absolute atomic E-state index is 0.195. The van der Waals surface area contributed by atoms with E-state index in [9.17, 15) is 19.7 Å². The molecule has 2 rings (SSSR count). The van der Waals surface area contributed by atoms with E-state index in [0.717, 1.165) is 0 Å². The molecular formula is C14H19NO8. The van der Waals surface area contributed by atoms with Crippen LogP contribution in [0.1, 0.15) is 20.8 Å². The van der Waals surface area contributed by atoms with Crippen LogP contribution in [0.2, 0.25) is 0 Å². The summed E-state index contributed by atoms with van der Waals surface area (Å²) in [4.78, 5) is 33.9. The van der Waals surface area contributed by atoms with Gasteiger partial charge in [0.05, 0.1) is 0 Å². The first-order valence-corrected chi connectivity index (χ1v) is 7.11. The molecule has 1 fully saturated rings. The average Bonchev–Trinajstić information content (AvgIpc) is 2.45. The normalized spacial score (nSPS) is 33.0. The molecule has 2 heterocycles. The number of methoxy groups -OCH3 is 1. The molecule has 9 nitrogen and oxygen atoms in total. The molecule has 0 aromatic carbocycles. The van der Waals surface area contributed by atoms with Crippen LogP contribution in [0.25, 0.3) is 0 Å². The van der Waals surface area contributed by atoms with E-state index < -0.39 is 41.4 Å². The van der Waals surface area contributed by atoms with Crippen LogP contribution in [0, 0.1) is 16.0 Å². The zero-order chi connectivity index (χ0) is 17.3. The van der Waals surface area contributed by atoms with E-state index in [2.05, 4.69) is 0 Å². The number of nitro groups is 1. The fraction of sp³-hybridized carbons (Fsp3) is 0.714. The fourth-order valence-electron chi connectivity index (χ4n) is 3.14. The topological polar surface area (TPSA) is 114 Å². The molecule has 0 aromatic heterocycles. The highest BCUT2D eigenvalue weighted by Gasteiger charge is 2.59. The van der Waals surface area contributed by atoms with Crippen molar-refractivity contribution in [2.45, 2.75) is 45.3 Å². The summed E-state index contributed by atoms with van der Waals surface area (Å²) >= 11 is 0. The number of hydrogen-bond acceptors (Lipinski definition) is 8. The van der Waals surface area contributed by atoms with Crippen molar-refractivity contribution >= 4 is 11.8 Å². The zero-order valence-corrected chi connectivity index (χ0v) is 13.3. The molecule has 0 unspecified atom stereocenters. The van der Waals surface area contributed by atoms with Gasteiger partial charge in [-0.15, -0.1) is 0 Å². The lowest BCUT2D eigenvalue weighted by atomic mass is 9.79. The first kappa shape index (κ1) is 17.4. The number of rotatable bonds is 5.